The summed E-state index contributed by atoms with van der Waals surface area (Å²) < 4.78 is 7.82. The molecule has 0 saturated carbocycles. The minimum absolute atomic E-state index is 0.000587. The molecule has 11 nitrogen and oxygen atoms in total. The van der Waals surface area contributed by atoms with Gasteiger partial charge >= 0.3 is 0 Å². The number of nitrogens with one attached hydrogen (secondary N) is 1. The van der Waals surface area contributed by atoms with Crippen LogP contribution in [0.2, 0.25) is 0 Å². The molecule has 38 heavy (non-hydrogen) atoms. The number of piperidine rings is 1. The number of carbonyl (C=O) groups is 1. The Morgan fingerprint density at radius 1 is 1.16 bits per heavy atom. The van der Waals surface area contributed by atoms with Crippen LogP contribution in [0.1, 0.15) is 34.5 Å². The monoisotopic (exact) mass is 511 g/mol. The van der Waals surface area contributed by atoms with Crippen LogP contribution in [-0.2, 0) is 7.05 Å². The van der Waals surface area contributed by atoms with Crippen molar-refractivity contribution in [3.05, 3.63) is 59.8 Å². The van der Waals surface area contributed by atoms with Gasteiger partial charge in [-0.1, -0.05) is 0 Å². The molecule has 1 saturated heterocycles. The van der Waals surface area contributed by atoms with Crippen LogP contribution in [-0.4, -0.2) is 73.4 Å². The van der Waals surface area contributed by atoms with Gasteiger partial charge < -0.3 is 24.4 Å². The maximum absolute atomic E-state index is 13.0. The normalized spacial score (nSPS) is 14.1. The van der Waals surface area contributed by atoms with Crippen LogP contribution in [0.15, 0.2) is 43.0 Å². The number of carbonyl (C=O) groups excluding carboxylic acids is 1. The number of hydrogen-bond donors (Lipinski definition) is 1. The summed E-state index contributed by atoms with van der Waals surface area (Å²) >= 11 is 0. The predicted molar refractivity (Wildman–Crippen MR) is 142 cm³/mol. The maximum Gasteiger partial charge on any atom is 0.255 e. The van der Waals surface area contributed by atoms with Crippen molar-refractivity contribution in [1.29, 1.82) is 5.26 Å². The molecule has 0 radical (unpaired) electrons. The number of rotatable bonds is 6. The summed E-state index contributed by atoms with van der Waals surface area (Å²) in [6.45, 7) is 3.33. The molecule has 1 amide bonds. The molecule has 1 aliphatic heterocycles. The van der Waals surface area contributed by atoms with Crippen molar-refractivity contribution in [2.24, 2.45) is 7.05 Å². The highest BCUT2D eigenvalue weighted by Crippen LogP contribution is 2.31. The van der Waals surface area contributed by atoms with Gasteiger partial charge in [0, 0.05) is 38.4 Å². The first-order valence-electron chi connectivity index (χ1n) is 12.4. The lowest BCUT2D eigenvalue weighted by Gasteiger charge is -2.35. The van der Waals surface area contributed by atoms with Gasteiger partial charge in [0.2, 0.25) is 5.88 Å². The minimum Gasteiger partial charge on any atom is -0.437 e. The summed E-state index contributed by atoms with van der Waals surface area (Å²) in [5.41, 5.74) is 3.58. The third-order valence-electron chi connectivity index (χ3n) is 6.79. The lowest BCUT2D eigenvalue weighted by molar-refractivity contribution is 0.0663. The quantitative estimate of drug-likeness (QED) is 0.413. The minimum atomic E-state index is -0.000587. The molecule has 1 aliphatic rings. The molecule has 1 fully saturated rings. The SMILES string of the molecule is Cc1cc(C#N)ncc1Oc1cc(Nc2ccc(C(=O)N3CCC(N(C)C)CC3)cn2)c2ncn(C)c2n1. The number of hydrogen-bond acceptors (Lipinski definition) is 9. The van der Waals surface area contributed by atoms with Crippen LogP contribution >= 0.6 is 0 Å². The van der Waals surface area contributed by atoms with Gasteiger partial charge in [0.25, 0.3) is 5.91 Å². The molecule has 1 N–H and O–H groups in total. The van der Waals surface area contributed by atoms with Crippen molar-refractivity contribution >= 4 is 28.6 Å². The van der Waals surface area contributed by atoms with E-state index in [1.54, 1.807) is 41.4 Å². The lowest BCUT2D eigenvalue weighted by Crippen LogP contribution is -2.44. The highest BCUT2D eigenvalue weighted by molar-refractivity contribution is 5.94. The van der Waals surface area contributed by atoms with E-state index in [1.807, 2.05) is 24.9 Å². The van der Waals surface area contributed by atoms with Crippen LogP contribution in [0.4, 0.5) is 11.5 Å². The molecule has 0 spiro atoms. The van der Waals surface area contributed by atoms with Crippen LogP contribution in [0, 0.1) is 18.3 Å². The fourth-order valence-electron chi connectivity index (χ4n) is 4.55. The standard InChI is InChI=1S/C27H29N9O2/c1-17-11-19(13-28)29-15-22(17)38-24-12-21(25-26(33-24)35(4)16-31-25)32-23-6-5-18(14-30-23)27(37)36-9-7-20(8-10-36)34(2)3/h5-6,11-12,14-16,20H,7-10H2,1-4H3,(H,30,32,33). The van der Waals surface area contributed by atoms with Gasteiger partial charge in [-0.3, -0.25) is 4.79 Å². The average molecular weight is 512 g/mol. The predicted octanol–water partition coefficient (Wildman–Crippen LogP) is 3.64. The largest absolute Gasteiger partial charge is 0.437 e. The van der Waals surface area contributed by atoms with Gasteiger partial charge in [-0.15, -0.1) is 0 Å². The van der Waals surface area contributed by atoms with E-state index in [0.717, 1.165) is 31.5 Å². The van der Waals surface area contributed by atoms with Gasteiger partial charge in [0.1, 0.15) is 23.1 Å². The Kier molecular flexibility index (Phi) is 6.89. The third-order valence-corrected chi connectivity index (χ3v) is 6.79. The van der Waals surface area contributed by atoms with Gasteiger partial charge in [0.05, 0.1) is 23.8 Å². The highest BCUT2D eigenvalue weighted by Gasteiger charge is 2.25. The Bertz CT molecular complexity index is 1510. The van der Waals surface area contributed by atoms with Gasteiger partial charge in [-0.2, -0.15) is 10.2 Å². The van der Waals surface area contributed by atoms with Crippen LogP contribution in [0.5, 0.6) is 11.6 Å². The van der Waals surface area contributed by atoms with E-state index in [1.165, 1.54) is 6.20 Å². The lowest BCUT2D eigenvalue weighted by atomic mass is 10.0. The van der Waals surface area contributed by atoms with E-state index in [0.29, 0.717) is 51.6 Å². The van der Waals surface area contributed by atoms with Crippen LogP contribution in [0.25, 0.3) is 11.2 Å². The van der Waals surface area contributed by atoms with E-state index in [4.69, 9.17) is 10.00 Å². The Morgan fingerprint density at radius 2 is 1.95 bits per heavy atom. The van der Waals surface area contributed by atoms with Gasteiger partial charge in [-0.25, -0.2) is 15.0 Å². The molecule has 0 bridgehead atoms. The molecule has 0 unspecified atom stereocenters. The van der Waals surface area contributed by atoms with Crippen LogP contribution < -0.4 is 10.1 Å². The number of imidazole rings is 1. The summed E-state index contributed by atoms with van der Waals surface area (Å²) in [6.07, 6.45) is 6.72. The van der Waals surface area contributed by atoms with Crippen molar-refractivity contribution in [3.8, 4) is 17.7 Å². The summed E-state index contributed by atoms with van der Waals surface area (Å²) in [5, 5.41) is 12.4. The molecule has 4 aromatic rings. The fourth-order valence-corrected chi connectivity index (χ4v) is 4.55. The Hall–Kier alpha value is -4.56. The second kappa shape index (κ2) is 10.4. The maximum atomic E-state index is 13.0. The van der Waals surface area contributed by atoms with Gasteiger partial charge in [0.15, 0.2) is 11.4 Å². The molecule has 4 aromatic heterocycles. The zero-order valence-electron chi connectivity index (χ0n) is 21.8. The number of ether oxygens (including phenoxy) is 1. The number of nitrogens with zero attached hydrogens (tertiary/aromatic N) is 8. The number of aryl methyl sites for hydroxylation is 2. The van der Waals surface area contributed by atoms with Crippen molar-refractivity contribution in [3.63, 3.8) is 0 Å². The number of fused-ring (bicyclic) bond motifs is 1. The molecular weight excluding hydrogens is 482 g/mol. The number of anilines is 2. The van der Waals surface area contributed by atoms with Crippen molar-refractivity contribution in [2.45, 2.75) is 25.8 Å². The molecule has 11 heteroatoms. The number of nitriles is 1. The van der Waals surface area contributed by atoms with E-state index in [-0.39, 0.29) is 5.91 Å². The van der Waals surface area contributed by atoms with E-state index < -0.39 is 0 Å². The Balaban J connectivity index is 1.35. The van der Waals surface area contributed by atoms with Crippen LogP contribution in [0.3, 0.4) is 0 Å². The molecule has 5 rings (SSSR count). The summed E-state index contributed by atoms with van der Waals surface area (Å²) in [4.78, 5) is 34.8. The number of amides is 1. The number of pyridine rings is 3. The molecule has 194 valence electrons. The second-order valence-corrected chi connectivity index (χ2v) is 9.63. The smallest absolute Gasteiger partial charge is 0.255 e. The Labute approximate surface area is 220 Å². The first-order valence-corrected chi connectivity index (χ1v) is 12.4. The van der Waals surface area contributed by atoms with Crippen molar-refractivity contribution in [2.75, 3.05) is 32.5 Å². The van der Waals surface area contributed by atoms with Crippen molar-refractivity contribution < 1.29 is 9.53 Å². The molecule has 0 aromatic carbocycles. The highest BCUT2D eigenvalue weighted by atomic mass is 16.5. The fraction of sp³-hybridized carbons (Fsp3) is 0.333. The molecule has 0 atom stereocenters. The summed E-state index contributed by atoms with van der Waals surface area (Å²) in [6, 6.07) is 9.50. The molecule has 5 heterocycles. The zero-order chi connectivity index (χ0) is 26.8. The Morgan fingerprint density at radius 3 is 2.61 bits per heavy atom. The van der Waals surface area contributed by atoms with E-state index in [2.05, 4.69) is 44.2 Å². The van der Waals surface area contributed by atoms with E-state index >= 15 is 0 Å². The summed E-state index contributed by atoms with van der Waals surface area (Å²) in [7, 11) is 6.02. The first-order chi connectivity index (χ1) is 18.3. The molecular formula is C27H29N9O2. The number of aromatic nitrogens is 5. The van der Waals surface area contributed by atoms with E-state index in [9.17, 15) is 4.79 Å². The molecule has 0 aliphatic carbocycles. The van der Waals surface area contributed by atoms with Gasteiger partial charge in [-0.05, 0) is 57.6 Å². The topological polar surface area (TPSA) is 125 Å². The first kappa shape index (κ1) is 25.1. The van der Waals surface area contributed by atoms with Crippen molar-refractivity contribution in [1.82, 2.24) is 34.3 Å². The summed E-state index contributed by atoms with van der Waals surface area (Å²) in [5.74, 6) is 1.40. The average Bonchev–Trinajstić information content (AvgIpc) is 3.30. The second-order valence-electron chi connectivity index (χ2n) is 9.63. The zero-order valence-corrected chi connectivity index (χ0v) is 21.8. The third kappa shape index (κ3) is 5.12. The number of likely N-dealkylation sites (tertiary alicyclic amines) is 1.